The molecular formula is C14H21N3O4. The lowest BCUT2D eigenvalue weighted by atomic mass is 9.96. The molecule has 0 aromatic carbocycles. The van der Waals surface area contributed by atoms with Crippen LogP contribution in [0.4, 0.5) is 4.79 Å². The maximum atomic E-state index is 11.7. The number of rotatable bonds is 5. The molecule has 0 radical (unpaired) electrons. The Bertz CT molecular complexity index is 507. The fourth-order valence-corrected chi connectivity index (χ4v) is 2.66. The van der Waals surface area contributed by atoms with E-state index in [1.54, 1.807) is 0 Å². The summed E-state index contributed by atoms with van der Waals surface area (Å²) in [6.45, 7) is 4.26. The van der Waals surface area contributed by atoms with Crippen LogP contribution in [0.15, 0.2) is 4.42 Å². The molecule has 0 saturated heterocycles. The normalized spacial score (nSPS) is 21.2. The zero-order chi connectivity index (χ0) is 15.4. The molecular weight excluding hydrogens is 274 g/mol. The summed E-state index contributed by atoms with van der Waals surface area (Å²) in [5, 5.41) is 14.5. The lowest BCUT2D eigenvalue weighted by Crippen LogP contribution is -2.39. The van der Waals surface area contributed by atoms with Gasteiger partial charge >= 0.3 is 12.0 Å². The van der Waals surface area contributed by atoms with Crippen molar-refractivity contribution >= 4 is 12.0 Å². The molecule has 0 aliphatic heterocycles. The highest BCUT2D eigenvalue weighted by atomic mass is 16.4. The van der Waals surface area contributed by atoms with Gasteiger partial charge in [-0.25, -0.2) is 9.78 Å². The number of urea groups is 1. The quantitative estimate of drug-likeness (QED) is 0.765. The van der Waals surface area contributed by atoms with E-state index < -0.39 is 5.97 Å². The van der Waals surface area contributed by atoms with E-state index in [1.807, 2.05) is 13.8 Å². The van der Waals surface area contributed by atoms with Crippen LogP contribution in [0.25, 0.3) is 0 Å². The number of carbonyl (C=O) groups is 2. The molecule has 1 aliphatic carbocycles. The number of hydrogen-bond acceptors (Lipinski definition) is 4. The third-order valence-corrected chi connectivity index (χ3v) is 3.97. The van der Waals surface area contributed by atoms with Gasteiger partial charge in [0.2, 0.25) is 5.89 Å². The first-order valence-electron chi connectivity index (χ1n) is 7.14. The Morgan fingerprint density at radius 3 is 2.71 bits per heavy atom. The molecule has 1 aromatic rings. The lowest BCUT2D eigenvalue weighted by molar-refractivity contribution is -0.142. The molecule has 2 rings (SSSR count). The molecule has 1 heterocycles. The minimum absolute atomic E-state index is 0.0134. The summed E-state index contributed by atoms with van der Waals surface area (Å²) in [5.41, 5.74) is 0.808. The first-order valence-corrected chi connectivity index (χ1v) is 7.14. The molecule has 2 atom stereocenters. The Morgan fingerprint density at radius 1 is 1.33 bits per heavy atom. The first-order chi connectivity index (χ1) is 9.97. The predicted molar refractivity (Wildman–Crippen MR) is 74.7 cm³/mol. The van der Waals surface area contributed by atoms with Gasteiger partial charge in [-0.3, -0.25) is 4.79 Å². The van der Waals surface area contributed by atoms with Crippen molar-refractivity contribution in [3.05, 3.63) is 17.3 Å². The van der Waals surface area contributed by atoms with Gasteiger partial charge in [0, 0.05) is 6.54 Å². The van der Waals surface area contributed by atoms with Crippen LogP contribution in [0.3, 0.4) is 0 Å². The van der Waals surface area contributed by atoms with E-state index in [0.29, 0.717) is 18.9 Å². The van der Waals surface area contributed by atoms with Gasteiger partial charge in [0.05, 0.1) is 18.2 Å². The van der Waals surface area contributed by atoms with E-state index in [0.717, 1.165) is 24.3 Å². The SMILES string of the molecule is Cc1nc(CNC(=O)NCC2CCCC2C(=O)O)oc1C. The van der Waals surface area contributed by atoms with Crippen LogP contribution in [0.5, 0.6) is 0 Å². The van der Waals surface area contributed by atoms with Crippen molar-refractivity contribution in [3.63, 3.8) is 0 Å². The molecule has 2 amide bonds. The Balaban J connectivity index is 1.73. The van der Waals surface area contributed by atoms with Gasteiger partial charge in [-0.2, -0.15) is 0 Å². The summed E-state index contributed by atoms with van der Waals surface area (Å²) in [7, 11) is 0. The minimum atomic E-state index is -0.773. The Morgan fingerprint density at radius 2 is 2.10 bits per heavy atom. The lowest BCUT2D eigenvalue weighted by Gasteiger charge is -2.16. The van der Waals surface area contributed by atoms with Gasteiger partial charge in [-0.05, 0) is 32.6 Å². The molecule has 0 spiro atoms. The fraction of sp³-hybridized carbons (Fsp3) is 0.643. The summed E-state index contributed by atoms with van der Waals surface area (Å²) < 4.78 is 5.36. The molecule has 21 heavy (non-hydrogen) atoms. The predicted octanol–water partition coefficient (Wildman–Crippen LogP) is 1.59. The number of nitrogens with zero attached hydrogens (tertiary/aromatic N) is 1. The molecule has 0 bridgehead atoms. The van der Waals surface area contributed by atoms with E-state index in [1.165, 1.54) is 0 Å². The van der Waals surface area contributed by atoms with Crippen molar-refractivity contribution in [2.45, 2.75) is 39.7 Å². The number of nitrogens with one attached hydrogen (secondary N) is 2. The number of hydrogen-bond donors (Lipinski definition) is 3. The minimum Gasteiger partial charge on any atom is -0.481 e. The van der Waals surface area contributed by atoms with Crippen molar-refractivity contribution < 1.29 is 19.1 Å². The first kappa shape index (κ1) is 15.3. The Hall–Kier alpha value is -2.05. The Labute approximate surface area is 123 Å². The van der Waals surface area contributed by atoms with E-state index in [2.05, 4.69) is 15.6 Å². The fourth-order valence-electron chi connectivity index (χ4n) is 2.66. The summed E-state index contributed by atoms with van der Waals surface area (Å²) in [5.74, 6) is 0.0964. The van der Waals surface area contributed by atoms with Crippen molar-refractivity contribution in [1.29, 1.82) is 0 Å². The zero-order valence-electron chi connectivity index (χ0n) is 12.3. The number of oxazole rings is 1. The number of carboxylic acids is 1. The summed E-state index contributed by atoms with van der Waals surface area (Å²) in [6.07, 6.45) is 2.44. The molecule has 2 unspecified atom stereocenters. The second-order valence-corrected chi connectivity index (χ2v) is 5.45. The summed E-state index contributed by atoms with van der Waals surface area (Å²) in [4.78, 5) is 26.9. The van der Waals surface area contributed by atoms with E-state index >= 15 is 0 Å². The van der Waals surface area contributed by atoms with Gasteiger partial charge < -0.3 is 20.2 Å². The highest BCUT2D eigenvalue weighted by Crippen LogP contribution is 2.31. The molecule has 1 saturated carbocycles. The number of aryl methyl sites for hydroxylation is 2. The van der Waals surface area contributed by atoms with Crippen LogP contribution in [0, 0.1) is 25.7 Å². The van der Waals surface area contributed by atoms with E-state index in [4.69, 9.17) is 9.52 Å². The van der Waals surface area contributed by atoms with E-state index in [-0.39, 0.29) is 24.4 Å². The van der Waals surface area contributed by atoms with E-state index in [9.17, 15) is 9.59 Å². The van der Waals surface area contributed by atoms with Gasteiger partial charge in [0.25, 0.3) is 0 Å². The second-order valence-electron chi connectivity index (χ2n) is 5.45. The largest absolute Gasteiger partial charge is 0.481 e. The zero-order valence-corrected chi connectivity index (χ0v) is 12.3. The third-order valence-electron chi connectivity index (χ3n) is 3.97. The maximum Gasteiger partial charge on any atom is 0.315 e. The number of carboxylic acid groups (broad SMARTS) is 1. The third kappa shape index (κ3) is 3.96. The molecule has 1 aliphatic rings. The second kappa shape index (κ2) is 6.60. The van der Waals surface area contributed by atoms with Crippen LogP contribution in [-0.4, -0.2) is 28.6 Å². The maximum absolute atomic E-state index is 11.7. The summed E-state index contributed by atoms with van der Waals surface area (Å²) in [6, 6.07) is -0.334. The number of carbonyl (C=O) groups excluding carboxylic acids is 1. The molecule has 3 N–H and O–H groups in total. The van der Waals surface area contributed by atoms with Gasteiger partial charge in [0.1, 0.15) is 5.76 Å². The van der Waals surface area contributed by atoms with Gasteiger partial charge in [-0.1, -0.05) is 6.42 Å². The van der Waals surface area contributed by atoms with Crippen molar-refractivity contribution in [2.24, 2.45) is 11.8 Å². The average Bonchev–Trinajstić information content (AvgIpc) is 3.01. The monoisotopic (exact) mass is 295 g/mol. The average molecular weight is 295 g/mol. The van der Waals surface area contributed by atoms with Gasteiger partial charge in [-0.15, -0.1) is 0 Å². The van der Waals surface area contributed by atoms with Crippen molar-refractivity contribution in [3.8, 4) is 0 Å². The standard InChI is InChI=1S/C14H21N3O4/c1-8-9(2)21-12(17-8)7-16-14(20)15-6-10-4-3-5-11(10)13(18)19/h10-11H,3-7H2,1-2H3,(H,18,19)(H2,15,16,20). The van der Waals surface area contributed by atoms with Crippen LogP contribution in [-0.2, 0) is 11.3 Å². The Kier molecular flexibility index (Phi) is 4.82. The van der Waals surface area contributed by atoms with Crippen LogP contribution in [0.2, 0.25) is 0 Å². The van der Waals surface area contributed by atoms with Gasteiger partial charge in [0.15, 0.2) is 0 Å². The van der Waals surface area contributed by atoms with Crippen LogP contribution in [0.1, 0.15) is 36.6 Å². The van der Waals surface area contributed by atoms with Crippen LogP contribution >= 0.6 is 0 Å². The number of aliphatic carboxylic acids is 1. The molecule has 116 valence electrons. The van der Waals surface area contributed by atoms with Crippen LogP contribution < -0.4 is 10.6 Å². The molecule has 1 aromatic heterocycles. The van der Waals surface area contributed by atoms with Crippen molar-refractivity contribution in [2.75, 3.05) is 6.54 Å². The smallest absolute Gasteiger partial charge is 0.315 e. The topological polar surface area (TPSA) is 104 Å². The highest BCUT2D eigenvalue weighted by Gasteiger charge is 2.32. The molecule has 7 heteroatoms. The highest BCUT2D eigenvalue weighted by molar-refractivity contribution is 5.74. The number of aromatic nitrogens is 1. The van der Waals surface area contributed by atoms with Crippen molar-refractivity contribution in [1.82, 2.24) is 15.6 Å². The summed E-state index contributed by atoms with van der Waals surface area (Å²) >= 11 is 0. The number of amides is 2. The molecule has 7 nitrogen and oxygen atoms in total. The molecule has 1 fully saturated rings.